The number of fused-ring (bicyclic) bond motifs is 1. The van der Waals surface area contributed by atoms with E-state index >= 15 is 0 Å². The van der Waals surface area contributed by atoms with Gasteiger partial charge in [0.2, 0.25) is 0 Å². The van der Waals surface area contributed by atoms with Crippen LogP contribution in [0.2, 0.25) is 0 Å². The van der Waals surface area contributed by atoms with Gasteiger partial charge >= 0.3 is 0 Å². The molecule has 0 fully saturated rings. The van der Waals surface area contributed by atoms with Crippen LogP contribution in [-0.2, 0) is 0 Å². The first-order valence-electron chi connectivity index (χ1n) is 8.50. The standard InChI is InChI=1S/C19H20N4O2P.BrH/c20-8-3-12-26(13-4-9-21,14-5-10-22)15-11-23-18(24)16-6-1-2-7-17(16)19(23)25;/h1-2,6-7H,3-5,11-15H2;1H/q+1;/p-1. The number of carbonyl (C=O) groups excluding carboxylic acids is 2. The molecule has 1 aromatic rings. The molecule has 2 amide bonds. The quantitative estimate of drug-likeness (QED) is 0.393. The lowest BCUT2D eigenvalue weighted by Crippen LogP contribution is -3.00. The molecule has 8 heteroatoms. The number of carbonyl (C=O) groups is 2. The lowest BCUT2D eigenvalue weighted by atomic mass is 10.1. The molecular formula is C19H20BrN4O2P. The topological polar surface area (TPSA) is 109 Å². The smallest absolute Gasteiger partial charge is 0.261 e. The molecule has 0 N–H and O–H groups in total. The van der Waals surface area contributed by atoms with Crippen molar-refractivity contribution in [2.75, 3.05) is 31.2 Å². The van der Waals surface area contributed by atoms with Crippen LogP contribution in [0.1, 0.15) is 40.0 Å². The molecule has 0 unspecified atom stereocenters. The van der Waals surface area contributed by atoms with Crippen LogP contribution in [0, 0.1) is 34.0 Å². The molecule has 0 saturated carbocycles. The van der Waals surface area contributed by atoms with E-state index in [1.807, 2.05) is 0 Å². The average molecular weight is 447 g/mol. The Hall–Kier alpha value is -2.26. The summed E-state index contributed by atoms with van der Waals surface area (Å²) in [5.41, 5.74) is 0.847. The van der Waals surface area contributed by atoms with Gasteiger partial charge < -0.3 is 17.0 Å². The fourth-order valence-electron chi connectivity index (χ4n) is 3.29. The van der Waals surface area contributed by atoms with Gasteiger partial charge in [0.05, 0.1) is 79.8 Å². The second-order valence-corrected chi connectivity index (χ2v) is 10.7. The highest BCUT2D eigenvalue weighted by Crippen LogP contribution is 2.60. The Bertz CT molecular complexity index is 742. The van der Waals surface area contributed by atoms with Crippen molar-refractivity contribution in [3.8, 4) is 18.2 Å². The molecule has 0 aliphatic carbocycles. The molecule has 0 spiro atoms. The minimum Gasteiger partial charge on any atom is -1.00 e. The second-order valence-electron chi connectivity index (χ2n) is 6.27. The predicted molar refractivity (Wildman–Crippen MR) is 98.9 cm³/mol. The van der Waals surface area contributed by atoms with Crippen LogP contribution >= 0.6 is 7.26 Å². The summed E-state index contributed by atoms with van der Waals surface area (Å²) in [5.74, 6) is -0.575. The molecule has 6 nitrogen and oxygen atoms in total. The Morgan fingerprint density at radius 3 is 1.56 bits per heavy atom. The Kier molecular flexibility index (Phi) is 9.10. The average Bonchev–Trinajstić information content (AvgIpc) is 2.91. The van der Waals surface area contributed by atoms with Gasteiger partial charge in [-0.1, -0.05) is 12.1 Å². The highest BCUT2D eigenvalue weighted by molar-refractivity contribution is 7.75. The van der Waals surface area contributed by atoms with E-state index in [-0.39, 0.29) is 35.3 Å². The number of hydrogen-bond donors (Lipinski definition) is 0. The molecule has 27 heavy (non-hydrogen) atoms. The van der Waals surface area contributed by atoms with Gasteiger partial charge in [-0.25, -0.2) is 0 Å². The molecular weight excluding hydrogens is 427 g/mol. The normalized spacial score (nSPS) is 12.6. The van der Waals surface area contributed by atoms with Crippen molar-refractivity contribution < 1.29 is 26.6 Å². The summed E-state index contributed by atoms with van der Waals surface area (Å²) in [6, 6.07) is 13.2. The first kappa shape index (κ1) is 22.8. The van der Waals surface area contributed by atoms with Crippen LogP contribution in [0.4, 0.5) is 0 Å². The number of nitriles is 3. The molecule has 0 aromatic heterocycles. The number of imide groups is 1. The van der Waals surface area contributed by atoms with Crippen LogP contribution in [0.25, 0.3) is 0 Å². The van der Waals surface area contributed by atoms with Crippen molar-refractivity contribution in [1.29, 1.82) is 15.8 Å². The maximum atomic E-state index is 12.5. The molecule has 1 heterocycles. The van der Waals surface area contributed by atoms with Crippen molar-refractivity contribution in [1.82, 2.24) is 4.90 Å². The highest BCUT2D eigenvalue weighted by Gasteiger charge is 2.41. The van der Waals surface area contributed by atoms with E-state index in [4.69, 9.17) is 15.8 Å². The summed E-state index contributed by atoms with van der Waals surface area (Å²) >= 11 is 0. The van der Waals surface area contributed by atoms with Crippen LogP contribution in [0.5, 0.6) is 0 Å². The molecule has 1 aromatic carbocycles. The first-order chi connectivity index (χ1) is 12.6. The Labute approximate surface area is 170 Å². The maximum absolute atomic E-state index is 12.5. The zero-order valence-corrected chi connectivity index (χ0v) is 17.4. The summed E-state index contributed by atoms with van der Waals surface area (Å²) in [7, 11) is -1.76. The number of halogens is 1. The lowest BCUT2D eigenvalue weighted by Gasteiger charge is -2.27. The SMILES string of the molecule is N#CCC[P+](CCC#N)(CCC#N)CCN1C(=O)c2ccccc2C1=O.[Br-]. The molecule has 0 radical (unpaired) electrons. The fourth-order valence-corrected chi connectivity index (χ4v) is 6.98. The Morgan fingerprint density at radius 2 is 1.19 bits per heavy atom. The van der Waals surface area contributed by atoms with E-state index < -0.39 is 7.26 Å². The summed E-state index contributed by atoms with van der Waals surface area (Å²) in [4.78, 5) is 26.3. The van der Waals surface area contributed by atoms with E-state index in [9.17, 15) is 9.59 Å². The Morgan fingerprint density at radius 1 is 0.778 bits per heavy atom. The van der Waals surface area contributed by atoms with E-state index in [1.54, 1.807) is 24.3 Å². The summed E-state index contributed by atoms with van der Waals surface area (Å²) < 4.78 is 0. The number of hydrogen-bond acceptors (Lipinski definition) is 5. The van der Waals surface area contributed by atoms with Crippen LogP contribution < -0.4 is 17.0 Å². The zero-order valence-electron chi connectivity index (χ0n) is 14.9. The molecule has 0 bridgehead atoms. The van der Waals surface area contributed by atoms with E-state index in [2.05, 4.69) is 18.2 Å². The third kappa shape index (κ3) is 5.36. The fraction of sp³-hybridized carbons (Fsp3) is 0.421. The molecule has 0 saturated heterocycles. The van der Waals surface area contributed by atoms with Gasteiger partial charge in [-0.3, -0.25) is 14.5 Å². The van der Waals surface area contributed by atoms with Crippen molar-refractivity contribution in [3.63, 3.8) is 0 Å². The van der Waals surface area contributed by atoms with Crippen LogP contribution in [-0.4, -0.2) is 47.9 Å². The molecule has 140 valence electrons. The van der Waals surface area contributed by atoms with Gasteiger partial charge in [-0.15, -0.1) is 0 Å². The maximum Gasteiger partial charge on any atom is 0.261 e. The zero-order chi connectivity index (χ0) is 19.0. The van der Waals surface area contributed by atoms with Gasteiger partial charge in [0.1, 0.15) is 0 Å². The van der Waals surface area contributed by atoms with Gasteiger partial charge in [0.15, 0.2) is 0 Å². The van der Waals surface area contributed by atoms with Crippen LogP contribution in [0.15, 0.2) is 24.3 Å². The van der Waals surface area contributed by atoms with E-state index in [0.29, 0.717) is 55.0 Å². The molecule has 1 aliphatic heterocycles. The summed E-state index contributed by atoms with van der Waals surface area (Å²) in [5, 5.41) is 26.9. The van der Waals surface area contributed by atoms with Crippen molar-refractivity contribution in [2.24, 2.45) is 0 Å². The lowest BCUT2D eigenvalue weighted by molar-refractivity contribution is -0.0000294. The number of nitrogens with zero attached hydrogens (tertiary/aromatic N) is 4. The molecule has 2 rings (SSSR count). The molecule has 1 aliphatic rings. The predicted octanol–water partition coefficient (Wildman–Crippen LogP) is 0.0452. The Balaban J connectivity index is 0.00000364. The third-order valence-corrected chi connectivity index (χ3v) is 9.44. The second kappa shape index (κ2) is 10.8. The summed E-state index contributed by atoms with van der Waals surface area (Å²) in [6.45, 7) is 0.280. The van der Waals surface area contributed by atoms with E-state index in [0.717, 1.165) is 0 Å². The first-order valence-corrected chi connectivity index (χ1v) is 11.0. The van der Waals surface area contributed by atoms with E-state index in [1.165, 1.54) is 4.90 Å². The van der Waals surface area contributed by atoms with Gasteiger partial charge in [-0.05, 0) is 12.1 Å². The number of rotatable bonds is 9. The van der Waals surface area contributed by atoms with Crippen LogP contribution in [0.3, 0.4) is 0 Å². The van der Waals surface area contributed by atoms with Crippen molar-refractivity contribution >= 4 is 19.1 Å². The third-order valence-electron chi connectivity index (χ3n) is 4.77. The largest absolute Gasteiger partial charge is 1.00 e. The van der Waals surface area contributed by atoms with Crippen molar-refractivity contribution in [3.05, 3.63) is 35.4 Å². The summed E-state index contributed by atoms with van der Waals surface area (Å²) in [6.07, 6.45) is 3.69. The molecule has 0 atom stereocenters. The van der Waals surface area contributed by atoms with Gasteiger partial charge in [0.25, 0.3) is 11.8 Å². The number of benzene rings is 1. The minimum absolute atomic E-state index is 0. The van der Waals surface area contributed by atoms with Gasteiger partial charge in [0, 0.05) is 7.26 Å². The highest BCUT2D eigenvalue weighted by atomic mass is 79.9. The monoisotopic (exact) mass is 446 g/mol. The number of amides is 2. The van der Waals surface area contributed by atoms with Gasteiger partial charge in [-0.2, -0.15) is 15.8 Å². The van der Waals surface area contributed by atoms with Crippen molar-refractivity contribution in [2.45, 2.75) is 19.3 Å². The minimum atomic E-state index is -1.76.